The Morgan fingerprint density at radius 3 is 2.67 bits per heavy atom. The predicted molar refractivity (Wildman–Crippen MR) is 67.3 cm³/mol. The number of benzene rings is 1. The van der Waals surface area contributed by atoms with E-state index in [1.54, 1.807) is 6.07 Å². The van der Waals surface area contributed by atoms with Crippen LogP contribution in [0.4, 0.5) is 8.78 Å². The predicted octanol–water partition coefficient (Wildman–Crippen LogP) is 3.28. The lowest BCUT2D eigenvalue weighted by molar-refractivity contribution is 0.565. The van der Waals surface area contributed by atoms with Gasteiger partial charge in [-0.2, -0.15) is 0 Å². The van der Waals surface area contributed by atoms with Crippen LogP contribution < -0.4 is 5.73 Å². The van der Waals surface area contributed by atoms with Gasteiger partial charge in [0.25, 0.3) is 0 Å². The second-order valence-electron chi connectivity index (χ2n) is 3.84. The van der Waals surface area contributed by atoms with Crippen LogP contribution in [0.5, 0.6) is 0 Å². The zero-order valence-corrected chi connectivity index (χ0v) is 10.6. The zero-order chi connectivity index (χ0) is 13.1. The Hall–Kier alpha value is -1.46. The van der Waals surface area contributed by atoms with Crippen LogP contribution in [0.1, 0.15) is 11.3 Å². The van der Waals surface area contributed by atoms with Crippen LogP contribution >= 0.6 is 11.8 Å². The molecule has 18 heavy (non-hydrogen) atoms. The summed E-state index contributed by atoms with van der Waals surface area (Å²) in [7, 11) is 0. The number of hydrogen-bond acceptors (Lipinski definition) is 3. The minimum Gasteiger partial charge on any atom is -0.326 e. The molecular weight excluding hydrogens is 254 g/mol. The van der Waals surface area contributed by atoms with Crippen molar-refractivity contribution < 1.29 is 8.78 Å². The molecule has 0 radical (unpaired) electrons. The van der Waals surface area contributed by atoms with Gasteiger partial charge < -0.3 is 5.73 Å². The highest BCUT2D eigenvalue weighted by Crippen LogP contribution is 2.29. The lowest BCUT2D eigenvalue weighted by Gasteiger charge is -2.06. The van der Waals surface area contributed by atoms with Gasteiger partial charge in [-0.25, -0.2) is 13.8 Å². The molecule has 2 nitrogen and oxygen atoms in total. The highest BCUT2D eigenvalue weighted by molar-refractivity contribution is 7.99. The standard InChI is InChI=1S/C13H12F2N2S/c1-8-4-9(7-16)5-13(17-8)18-12-3-2-10(14)6-11(12)15/h2-6H,7,16H2,1H3. The molecule has 1 heterocycles. The normalized spacial score (nSPS) is 10.7. The van der Waals surface area contributed by atoms with Gasteiger partial charge in [-0.15, -0.1) is 0 Å². The Labute approximate surface area is 108 Å². The number of rotatable bonds is 3. The molecule has 1 aromatic carbocycles. The Morgan fingerprint density at radius 1 is 1.22 bits per heavy atom. The van der Waals surface area contributed by atoms with E-state index in [4.69, 9.17) is 5.73 Å². The summed E-state index contributed by atoms with van der Waals surface area (Å²) in [5.41, 5.74) is 7.33. The highest BCUT2D eigenvalue weighted by atomic mass is 32.2. The molecule has 0 saturated heterocycles. The molecule has 5 heteroatoms. The number of nitrogens with zero attached hydrogens (tertiary/aromatic N) is 1. The third kappa shape index (κ3) is 3.05. The number of aromatic nitrogens is 1. The Bertz CT molecular complexity index is 573. The van der Waals surface area contributed by atoms with Crippen molar-refractivity contribution in [3.8, 4) is 0 Å². The molecule has 2 N–H and O–H groups in total. The molecule has 0 bridgehead atoms. The topological polar surface area (TPSA) is 38.9 Å². The van der Waals surface area contributed by atoms with Crippen molar-refractivity contribution in [2.24, 2.45) is 5.73 Å². The average molecular weight is 266 g/mol. The summed E-state index contributed by atoms with van der Waals surface area (Å²) in [6, 6.07) is 7.18. The van der Waals surface area contributed by atoms with Gasteiger partial charge in [0.1, 0.15) is 16.7 Å². The lowest BCUT2D eigenvalue weighted by Crippen LogP contribution is -1.98. The summed E-state index contributed by atoms with van der Waals surface area (Å²) in [6.45, 7) is 2.26. The number of halogens is 2. The van der Waals surface area contributed by atoms with Crippen LogP contribution in [0.15, 0.2) is 40.3 Å². The first kappa shape index (κ1) is 13.0. The largest absolute Gasteiger partial charge is 0.326 e. The van der Waals surface area contributed by atoms with Crippen LogP contribution in [0, 0.1) is 18.6 Å². The van der Waals surface area contributed by atoms with E-state index in [9.17, 15) is 8.78 Å². The molecule has 2 rings (SSSR count). The summed E-state index contributed by atoms with van der Waals surface area (Å²) in [4.78, 5) is 4.63. The summed E-state index contributed by atoms with van der Waals surface area (Å²) in [6.07, 6.45) is 0. The second kappa shape index (κ2) is 5.46. The molecule has 0 spiro atoms. The van der Waals surface area contributed by atoms with Crippen LogP contribution in [0.3, 0.4) is 0 Å². The molecule has 1 aromatic heterocycles. The first-order chi connectivity index (χ1) is 8.58. The van der Waals surface area contributed by atoms with Crippen LogP contribution in [-0.2, 0) is 6.54 Å². The molecule has 2 aromatic rings. The molecule has 0 fully saturated rings. The number of nitrogens with two attached hydrogens (primary N) is 1. The van der Waals surface area contributed by atoms with E-state index in [1.807, 2.05) is 13.0 Å². The molecule has 0 aliphatic rings. The monoisotopic (exact) mass is 266 g/mol. The van der Waals surface area contributed by atoms with E-state index in [-0.39, 0.29) is 0 Å². The van der Waals surface area contributed by atoms with Gasteiger partial charge in [0.05, 0.1) is 0 Å². The van der Waals surface area contributed by atoms with Gasteiger partial charge in [0, 0.05) is 23.2 Å². The third-order valence-electron chi connectivity index (χ3n) is 2.33. The zero-order valence-electron chi connectivity index (χ0n) is 9.78. The molecule has 0 saturated carbocycles. The highest BCUT2D eigenvalue weighted by Gasteiger charge is 2.07. The van der Waals surface area contributed by atoms with Gasteiger partial charge >= 0.3 is 0 Å². The smallest absolute Gasteiger partial charge is 0.140 e. The van der Waals surface area contributed by atoms with Gasteiger partial charge in [0.15, 0.2) is 0 Å². The molecule has 0 aliphatic heterocycles. The van der Waals surface area contributed by atoms with Crippen molar-refractivity contribution in [3.63, 3.8) is 0 Å². The van der Waals surface area contributed by atoms with Crippen LogP contribution in [-0.4, -0.2) is 4.98 Å². The van der Waals surface area contributed by atoms with Crippen LogP contribution in [0.25, 0.3) is 0 Å². The van der Waals surface area contributed by atoms with Gasteiger partial charge in [0.2, 0.25) is 0 Å². The molecular formula is C13H12F2N2S. The van der Waals surface area contributed by atoms with Gasteiger partial charge in [-0.1, -0.05) is 11.8 Å². The summed E-state index contributed by atoms with van der Waals surface area (Å²) in [5, 5.41) is 0.654. The van der Waals surface area contributed by atoms with Crippen molar-refractivity contribution in [1.82, 2.24) is 4.98 Å². The molecule has 94 valence electrons. The minimum atomic E-state index is -0.586. The molecule has 0 amide bonds. The van der Waals surface area contributed by atoms with E-state index in [2.05, 4.69) is 4.98 Å². The fraction of sp³-hybridized carbons (Fsp3) is 0.154. The number of hydrogen-bond donors (Lipinski definition) is 1. The van der Waals surface area contributed by atoms with E-state index in [0.717, 1.165) is 29.1 Å². The van der Waals surface area contributed by atoms with Crippen molar-refractivity contribution in [2.45, 2.75) is 23.4 Å². The Kier molecular flexibility index (Phi) is 3.93. The van der Waals surface area contributed by atoms with Crippen molar-refractivity contribution in [1.29, 1.82) is 0 Å². The first-order valence-electron chi connectivity index (χ1n) is 5.39. The van der Waals surface area contributed by atoms with E-state index in [0.29, 0.717) is 16.5 Å². The van der Waals surface area contributed by atoms with E-state index < -0.39 is 11.6 Å². The average Bonchev–Trinajstić information content (AvgIpc) is 2.32. The van der Waals surface area contributed by atoms with Gasteiger partial charge in [-0.3, -0.25) is 0 Å². The number of aryl methyl sites for hydroxylation is 1. The summed E-state index contributed by atoms with van der Waals surface area (Å²) < 4.78 is 26.3. The summed E-state index contributed by atoms with van der Waals surface area (Å²) >= 11 is 1.16. The van der Waals surface area contributed by atoms with Crippen LogP contribution in [0.2, 0.25) is 0 Å². The van der Waals surface area contributed by atoms with E-state index in [1.165, 1.54) is 12.1 Å². The van der Waals surface area contributed by atoms with E-state index >= 15 is 0 Å². The maximum Gasteiger partial charge on any atom is 0.140 e. The maximum absolute atomic E-state index is 13.5. The first-order valence-corrected chi connectivity index (χ1v) is 6.20. The Morgan fingerprint density at radius 2 is 2.00 bits per heavy atom. The fourth-order valence-corrected chi connectivity index (χ4v) is 2.47. The van der Waals surface area contributed by atoms with Crippen molar-refractivity contribution in [3.05, 3.63) is 53.2 Å². The molecule has 0 aliphatic carbocycles. The quantitative estimate of drug-likeness (QED) is 0.926. The molecule has 0 atom stereocenters. The van der Waals surface area contributed by atoms with Crippen molar-refractivity contribution >= 4 is 11.8 Å². The summed E-state index contributed by atoms with van der Waals surface area (Å²) in [5.74, 6) is -1.17. The number of pyridine rings is 1. The maximum atomic E-state index is 13.5. The fourth-order valence-electron chi connectivity index (χ4n) is 1.55. The second-order valence-corrected chi connectivity index (χ2v) is 4.90. The van der Waals surface area contributed by atoms with Gasteiger partial charge in [-0.05, 0) is 36.8 Å². The SMILES string of the molecule is Cc1cc(CN)cc(Sc2ccc(F)cc2F)n1. The minimum absolute atomic E-state index is 0.345. The van der Waals surface area contributed by atoms with Crippen molar-refractivity contribution in [2.75, 3.05) is 0 Å². The molecule has 0 unspecified atom stereocenters. The third-order valence-corrected chi connectivity index (χ3v) is 3.30. The Balaban J connectivity index is 2.30. The lowest BCUT2D eigenvalue weighted by atomic mass is 10.2.